The number of rotatable bonds is 5. The summed E-state index contributed by atoms with van der Waals surface area (Å²) in [7, 11) is -3.26. The van der Waals surface area contributed by atoms with Crippen LogP contribution in [0, 0.1) is 5.82 Å². The Kier molecular flexibility index (Phi) is 4.44. The van der Waals surface area contributed by atoms with Crippen molar-refractivity contribution in [2.75, 3.05) is 5.75 Å². The summed E-state index contributed by atoms with van der Waals surface area (Å²) in [6, 6.07) is 5.51. The minimum Gasteiger partial charge on any atom is -0.212 e. The summed E-state index contributed by atoms with van der Waals surface area (Å²) in [5, 5.41) is 0. The molecule has 0 bridgehead atoms. The lowest BCUT2D eigenvalue weighted by molar-refractivity contribution is 0.563. The summed E-state index contributed by atoms with van der Waals surface area (Å²) in [6.07, 6.45) is 0.561. The molecule has 0 saturated carbocycles. The zero-order valence-electron chi connectivity index (χ0n) is 9.40. The van der Waals surface area contributed by atoms with Crippen molar-refractivity contribution in [3.63, 3.8) is 0 Å². The van der Waals surface area contributed by atoms with Crippen molar-refractivity contribution < 1.29 is 12.8 Å². The number of benzene rings is 1. The topological polar surface area (TPSA) is 46.2 Å². The second kappa shape index (κ2) is 5.41. The maximum atomic E-state index is 12.9. The van der Waals surface area contributed by atoms with Gasteiger partial charge < -0.3 is 0 Å². The summed E-state index contributed by atoms with van der Waals surface area (Å²) in [6.45, 7) is 3.49. The molecule has 1 rings (SSSR count). The van der Waals surface area contributed by atoms with E-state index in [1.165, 1.54) is 12.1 Å². The molecule has 0 fully saturated rings. The molecule has 90 valence electrons. The van der Waals surface area contributed by atoms with Crippen LogP contribution in [-0.4, -0.2) is 14.2 Å². The molecule has 0 spiro atoms. The standard InChI is InChI=1S/C11H16FNO2S/c1-3-7-16(14,15)13-9(2)10-5-4-6-11(12)8-10/h4-6,8-9,13H,3,7H2,1-2H3/t9-/m0/s1. The molecule has 3 nitrogen and oxygen atoms in total. The molecule has 1 aromatic rings. The van der Waals surface area contributed by atoms with Gasteiger partial charge in [0.1, 0.15) is 5.82 Å². The van der Waals surface area contributed by atoms with Crippen molar-refractivity contribution in [3.8, 4) is 0 Å². The summed E-state index contributed by atoms with van der Waals surface area (Å²) in [4.78, 5) is 0. The first kappa shape index (κ1) is 13.1. The number of hydrogen-bond acceptors (Lipinski definition) is 2. The number of hydrogen-bond donors (Lipinski definition) is 1. The van der Waals surface area contributed by atoms with Gasteiger partial charge in [-0.15, -0.1) is 0 Å². The first-order valence-corrected chi connectivity index (χ1v) is 6.85. The Balaban J connectivity index is 2.76. The van der Waals surface area contributed by atoms with Crippen LogP contribution in [0.25, 0.3) is 0 Å². The van der Waals surface area contributed by atoms with E-state index in [2.05, 4.69) is 4.72 Å². The smallest absolute Gasteiger partial charge is 0.212 e. The quantitative estimate of drug-likeness (QED) is 0.864. The van der Waals surface area contributed by atoms with Gasteiger partial charge in [-0.2, -0.15) is 0 Å². The van der Waals surface area contributed by atoms with E-state index in [9.17, 15) is 12.8 Å². The van der Waals surface area contributed by atoms with Crippen LogP contribution in [0.15, 0.2) is 24.3 Å². The van der Waals surface area contributed by atoms with Gasteiger partial charge in [0.2, 0.25) is 10.0 Å². The number of sulfonamides is 1. The molecule has 0 amide bonds. The zero-order chi connectivity index (χ0) is 12.2. The molecule has 1 atom stereocenters. The minimum atomic E-state index is -3.26. The molecule has 0 saturated heterocycles. The lowest BCUT2D eigenvalue weighted by atomic mass is 10.1. The predicted octanol–water partition coefficient (Wildman–Crippen LogP) is 2.22. The van der Waals surface area contributed by atoms with Gasteiger partial charge in [0.25, 0.3) is 0 Å². The van der Waals surface area contributed by atoms with Crippen LogP contribution in [0.3, 0.4) is 0 Å². The summed E-state index contributed by atoms with van der Waals surface area (Å²) in [5.41, 5.74) is 0.625. The van der Waals surface area contributed by atoms with E-state index in [0.717, 1.165) is 0 Å². The highest BCUT2D eigenvalue weighted by atomic mass is 32.2. The largest absolute Gasteiger partial charge is 0.212 e. The van der Waals surface area contributed by atoms with Crippen molar-refractivity contribution in [3.05, 3.63) is 35.6 Å². The predicted molar refractivity (Wildman–Crippen MR) is 62.0 cm³/mol. The maximum Gasteiger partial charge on any atom is 0.212 e. The van der Waals surface area contributed by atoms with Crippen molar-refractivity contribution in [2.24, 2.45) is 0 Å². The van der Waals surface area contributed by atoms with Gasteiger partial charge in [0.15, 0.2) is 0 Å². The van der Waals surface area contributed by atoms with Crippen molar-refractivity contribution >= 4 is 10.0 Å². The van der Waals surface area contributed by atoms with Crippen LogP contribution in [0.4, 0.5) is 4.39 Å². The van der Waals surface area contributed by atoms with Crippen LogP contribution in [0.5, 0.6) is 0 Å². The van der Waals surface area contributed by atoms with Crippen molar-refractivity contribution in [1.82, 2.24) is 4.72 Å². The van der Waals surface area contributed by atoms with Crippen LogP contribution in [0.1, 0.15) is 31.9 Å². The first-order chi connectivity index (χ1) is 7.44. The number of halogens is 1. The van der Waals surface area contributed by atoms with E-state index in [1.54, 1.807) is 26.0 Å². The van der Waals surface area contributed by atoms with E-state index in [-0.39, 0.29) is 11.6 Å². The Morgan fingerprint density at radius 2 is 2.12 bits per heavy atom. The second-order valence-corrected chi connectivity index (χ2v) is 5.59. The Hall–Kier alpha value is -0.940. The van der Waals surface area contributed by atoms with Gasteiger partial charge in [-0.3, -0.25) is 0 Å². The van der Waals surface area contributed by atoms with Gasteiger partial charge in [-0.05, 0) is 31.0 Å². The average Bonchev–Trinajstić information content (AvgIpc) is 2.16. The van der Waals surface area contributed by atoms with Gasteiger partial charge in [-0.1, -0.05) is 19.1 Å². The molecule has 0 aliphatic heterocycles. The number of nitrogens with one attached hydrogen (secondary N) is 1. The van der Waals surface area contributed by atoms with E-state index in [4.69, 9.17) is 0 Å². The highest BCUT2D eigenvalue weighted by Crippen LogP contribution is 2.14. The van der Waals surface area contributed by atoms with Crippen LogP contribution in [-0.2, 0) is 10.0 Å². The molecular weight excluding hydrogens is 229 g/mol. The minimum absolute atomic E-state index is 0.0899. The normalized spacial score (nSPS) is 13.7. The molecule has 16 heavy (non-hydrogen) atoms. The average molecular weight is 245 g/mol. The lowest BCUT2D eigenvalue weighted by Crippen LogP contribution is -2.28. The third-order valence-corrected chi connectivity index (χ3v) is 3.84. The van der Waals surface area contributed by atoms with E-state index >= 15 is 0 Å². The summed E-state index contributed by atoms with van der Waals surface area (Å²) in [5.74, 6) is -0.272. The van der Waals surface area contributed by atoms with E-state index < -0.39 is 16.1 Å². The molecular formula is C11H16FNO2S. The molecule has 0 aliphatic carbocycles. The molecule has 5 heteroatoms. The molecule has 0 radical (unpaired) electrons. The van der Waals surface area contributed by atoms with Gasteiger partial charge >= 0.3 is 0 Å². The molecule has 0 aliphatic rings. The van der Waals surface area contributed by atoms with Crippen LogP contribution < -0.4 is 4.72 Å². The Morgan fingerprint density at radius 3 is 2.69 bits per heavy atom. The fraction of sp³-hybridized carbons (Fsp3) is 0.455. The fourth-order valence-corrected chi connectivity index (χ4v) is 2.77. The van der Waals surface area contributed by atoms with Gasteiger partial charge in [-0.25, -0.2) is 17.5 Å². The van der Waals surface area contributed by atoms with Gasteiger partial charge in [0.05, 0.1) is 5.75 Å². The van der Waals surface area contributed by atoms with Crippen LogP contribution >= 0.6 is 0 Å². The maximum absolute atomic E-state index is 12.9. The van der Waals surface area contributed by atoms with Gasteiger partial charge in [0, 0.05) is 6.04 Å². The highest BCUT2D eigenvalue weighted by molar-refractivity contribution is 7.89. The Morgan fingerprint density at radius 1 is 1.44 bits per heavy atom. The Bertz CT molecular complexity index is 445. The van der Waals surface area contributed by atoms with Crippen LogP contribution in [0.2, 0.25) is 0 Å². The third kappa shape index (κ3) is 3.90. The van der Waals surface area contributed by atoms with E-state index in [1.807, 2.05) is 0 Å². The molecule has 0 heterocycles. The molecule has 0 unspecified atom stereocenters. The van der Waals surface area contributed by atoms with E-state index in [0.29, 0.717) is 12.0 Å². The summed E-state index contributed by atoms with van der Waals surface area (Å²) >= 11 is 0. The Labute approximate surface area is 95.7 Å². The monoisotopic (exact) mass is 245 g/mol. The highest BCUT2D eigenvalue weighted by Gasteiger charge is 2.14. The molecule has 1 aromatic carbocycles. The zero-order valence-corrected chi connectivity index (χ0v) is 10.2. The summed E-state index contributed by atoms with van der Waals surface area (Å²) < 4.78 is 38.4. The van der Waals surface area contributed by atoms with Crippen molar-refractivity contribution in [2.45, 2.75) is 26.3 Å². The molecule has 1 N–H and O–H groups in total. The SMILES string of the molecule is CCCS(=O)(=O)N[C@@H](C)c1cccc(F)c1. The fourth-order valence-electron chi connectivity index (χ4n) is 1.44. The van der Waals surface area contributed by atoms with Crippen molar-refractivity contribution in [1.29, 1.82) is 0 Å². The lowest BCUT2D eigenvalue weighted by Gasteiger charge is -2.14. The second-order valence-electron chi connectivity index (χ2n) is 3.71. The first-order valence-electron chi connectivity index (χ1n) is 5.20. The third-order valence-electron chi connectivity index (χ3n) is 2.18. The molecule has 0 aromatic heterocycles.